The molecule has 0 N–H and O–H groups in total. The first-order valence-corrected chi connectivity index (χ1v) is 9.97. The van der Waals surface area contributed by atoms with Gasteiger partial charge in [0, 0.05) is 58.3 Å². The summed E-state index contributed by atoms with van der Waals surface area (Å²) < 4.78 is 5.20. The first-order chi connectivity index (χ1) is 13.0. The van der Waals surface area contributed by atoms with Crippen LogP contribution in [0.3, 0.4) is 0 Å². The third-order valence-electron chi connectivity index (χ3n) is 5.14. The number of carbonyl (C=O) groups is 2. The fraction of sp³-hybridized carbons (Fsp3) is 0.619. The quantitative estimate of drug-likeness (QED) is 0.623. The van der Waals surface area contributed by atoms with Gasteiger partial charge in [0.2, 0.25) is 11.8 Å². The van der Waals surface area contributed by atoms with Crippen molar-refractivity contribution in [2.45, 2.75) is 39.5 Å². The predicted molar refractivity (Wildman–Crippen MR) is 108 cm³/mol. The van der Waals surface area contributed by atoms with Crippen LogP contribution in [-0.4, -0.2) is 68.0 Å². The predicted octanol–water partition coefficient (Wildman–Crippen LogP) is 2.77. The van der Waals surface area contributed by atoms with Crippen LogP contribution < -0.4 is 9.64 Å². The summed E-state index contributed by atoms with van der Waals surface area (Å²) in [6.07, 6.45) is 3.66. The summed E-state index contributed by atoms with van der Waals surface area (Å²) in [5.74, 6) is 1.05. The summed E-state index contributed by atoms with van der Waals surface area (Å²) in [4.78, 5) is 30.3. The maximum atomic E-state index is 12.5. The number of rotatable bonds is 9. The number of nitrogens with zero attached hydrogens (tertiary/aromatic N) is 3. The molecule has 6 nitrogen and oxygen atoms in total. The third-order valence-corrected chi connectivity index (χ3v) is 5.14. The van der Waals surface area contributed by atoms with Gasteiger partial charge in [0.05, 0.1) is 7.11 Å². The lowest BCUT2D eigenvalue weighted by atomic mass is 10.2. The van der Waals surface area contributed by atoms with Crippen molar-refractivity contribution in [2.24, 2.45) is 0 Å². The van der Waals surface area contributed by atoms with Gasteiger partial charge in [0.15, 0.2) is 0 Å². The summed E-state index contributed by atoms with van der Waals surface area (Å²) in [6.45, 7) is 8.10. The van der Waals surface area contributed by atoms with Crippen LogP contribution in [0.4, 0.5) is 5.69 Å². The van der Waals surface area contributed by atoms with Crippen LogP contribution in [0.15, 0.2) is 24.3 Å². The van der Waals surface area contributed by atoms with E-state index in [9.17, 15) is 9.59 Å². The van der Waals surface area contributed by atoms with Gasteiger partial charge in [-0.25, -0.2) is 0 Å². The molecule has 2 amide bonds. The standard InChI is InChI=1S/C21H33N3O3/c1-4-5-6-12-22(18(2)25)13-11-21(26)24-16-14-23(15-17-24)19-7-9-20(27-3)10-8-19/h7-10H,4-6,11-17H2,1-3H3. The Bertz CT molecular complexity index is 595. The molecule has 0 spiro atoms. The summed E-state index contributed by atoms with van der Waals surface area (Å²) >= 11 is 0. The summed E-state index contributed by atoms with van der Waals surface area (Å²) in [5, 5.41) is 0. The molecule has 0 saturated carbocycles. The monoisotopic (exact) mass is 375 g/mol. The fourth-order valence-electron chi connectivity index (χ4n) is 3.38. The molecule has 1 aliphatic rings. The average Bonchev–Trinajstić information content (AvgIpc) is 2.70. The van der Waals surface area contributed by atoms with Crippen molar-refractivity contribution < 1.29 is 14.3 Å². The Hall–Kier alpha value is -2.24. The zero-order valence-electron chi connectivity index (χ0n) is 16.9. The Labute approximate surface area is 163 Å². The Morgan fingerprint density at radius 3 is 2.26 bits per heavy atom. The van der Waals surface area contributed by atoms with Crippen LogP contribution in [0.2, 0.25) is 0 Å². The van der Waals surface area contributed by atoms with Crippen LogP contribution in [0, 0.1) is 0 Å². The van der Waals surface area contributed by atoms with Crippen molar-refractivity contribution in [3.63, 3.8) is 0 Å². The SMILES string of the molecule is CCCCCN(CCC(=O)N1CCN(c2ccc(OC)cc2)CC1)C(C)=O. The minimum absolute atomic E-state index is 0.0585. The zero-order chi connectivity index (χ0) is 19.6. The van der Waals surface area contributed by atoms with Crippen LogP contribution in [0.1, 0.15) is 39.5 Å². The van der Waals surface area contributed by atoms with Gasteiger partial charge in [-0.15, -0.1) is 0 Å². The Morgan fingerprint density at radius 2 is 1.70 bits per heavy atom. The molecule has 2 rings (SSSR count). The first-order valence-electron chi connectivity index (χ1n) is 9.97. The van der Waals surface area contributed by atoms with Gasteiger partial charge in [-0.2, -0.15) is 0 Å². The molecule has 0 aliphatic carbocycles. The van der Waals surface area contributed by atoms with Gasteiger partial charge in [0.25, 0.3) is 0 Å². The van der Waals surface area contributed by atoms with Gasteiger partial charge in [-0.1, -0.05) is 19.8 Å². The van der Waals surface area contributed by atoms with Gasteiger partial charge in [-0.3, -0.25) is 9.59 Å². The highest BCUT2D eigenvalue weighted by molar-refractivity contribution is 5.78. The highest BCUT2D eigenvalue weighted by Gasteiger charge is 2.22. The Morgan fingerprint density at radius 1 is 1.04 bits per heavy atom. The lowest BCUT2D eigenvalue weighted by molar-refractivity contribution is -0.133. The molecule has 0 bridgehead atoms. The normalized spacial score (nSPS) is 14.2. The van der Waals surface area contributed by atoms with Gasteiger partial charge >= 0.3 is 0 Å². The second kappa shape index (κ2) is 10.8. The van der Waals surface area contributed by atoms with E-state index in [1.54, 1.807) is 18.9 Å². The van der Waals surface area contributed by atoms with Crippen molar-refractivity contribution in [3.8, 4) is 5.75 Å². The number of methoxy groups -OCH3 is 1. The fourth-order valence-corrected chi connectivity index (χ4v) is 3.38. The summed E-state index contributed by atoms with van der Waals surface area (Å²) in [7, 11) is 1.66. The van der Waals surface area contributed by atoms with Gasteiger partial charge in [-0.05, 0) is 30.7 Å². The van der Waals surface area contributed by atoms with Crippen molar-refractivity contribution >= 4 is 17.5 Å². The molecule has 0 atom stereocenters. The molecule has 6 heteroatoms. The number of hydrogen-bond acceptors (Lipinski definition) is 4. The molecule has 1 heterocycles. The lowest BCUT2D eigenvalue weighted by Crippen LogP contribution is -2.49. The number of hydrogen-bond donors (Lipinski definition) is 0. The zero-order valence-corrected chi connectivity index (χ0v) is 16.9. The molecule has 1 aromatic carbocycles. The second-order valence-electron chi connectivity index (χ2n) is 7.03. The van der Waals surface area contributed by atoms with Crippen LogP contribution in [0.5, 0.6) is 5.75 Å². The van der Waals surface area contributed by atoms with E-state index in [1.807, 2.05) is 17.0 Å². The summed E-state index contributed by atoms with van der Waals surface area (Å²) in [5.41, 5.74) is 1.15. The summed E-state index contributed by atoms with van der Waals surface area (Å²) in [6, 6.07) is 8.03. The van der Waals surface area contributed by atoms with E-state index >= 15 is 0 Å². The van der Waals surface area contributed by atoms with Crippen LogP contribution in [0.25, 0.3) is 0 Å². The molecule has 27 heavy (non-hydrogen) atoms. The molecule has 1 saturated heterocycles. The molecular formula is C21H33N3O3. The molecule has 1 aromatic rings. The molecule has 1 aliphatic heterocycles. The van der Waals surface area contributed by atoms with E-state index in [4.69, 9.17) is 4.74 Å². The van der Waals surface area contributed by atoms with Crippen LogP contribution >= 0.6 is 0 Å². The molecule has 0 radical (unpaired) electrons. The minimum Gasteiger partial charge on any atom is -0.497 e. The maximum absolute atomic E-state index is 12.5. The number of anilines is 1. The molecule has 1 fully saturated rings. The molecule has 0 unspecified atom stereocenters. The van der Waals surface area contributed by atoms with E-state index in [2.05, 4.69) is 24.0 Å². The van der Waals surface area contributed by atoms with Gasteiger partial charge < -0.3 is 19.4 Å². The highest BCUT2D eigenvalue weighted by Crippen LogP contribution is 2.20. The smallest absolute Gasteiger partial charge is 0.224 e. The van der Waals surface area contributed by atoms with Crippen molar-refractivity contribution in [1.29, 1.82) is 0 Å². The largest absolute Gasteiger partial charge is 0.497 e. The Kier molecular flexibility index (Phi) is 8.43. The topological polar surface area (TPSA) is 53.1 Å². The van der Waals surface area contributed by atoms with Crippen molar-refractivity contribution in [3.05, 3.63) is 24.3 Å². The first kappa shape index (κ1) is 21.1. The molecule has 150 valence electrons. The highest BCUT2D eigenvalue weighted by atomic mass is 16.5. The number of piperazine rings is 1. The number of ether oxygens (including phenoxy) is 1. The second-order valence-corrected chi connectivity index (χ2v) is 7.03. The minimum atomic E-state index is 0.0585. The number of unbranched alkanes of at least 4 members (excludes halogenated alkanes) is 2. The van der Waals surface area contributed by atoms with Gasteiger partial charge in [0.1, 0.15) is 5.75 Å². The lowest BCUT2D eigenvalue weighted by Gasteiger charge is -2.36. The third kappa shape index (κ3) is 6.45. The van der Waals surface area contributed by atoms with E-state index in [1.165, 1.54) is 0 Å². The Balaban J connectivity index is 1.77. The van der Waals surface area contributed by atoms with Crippen molar-refractivity contribution in [1.82, 2.24) is 9.80 Å². The van der Waals surface area contributed by atoms with E-state index in [-0.39, 0.29) is 11.8 Å². The van der Waals surface area contributed by atoms with E-state index in [0.29, 0.717) is 13.0 Å². The van der Waals surface area contributed by atoms with E-state index < -0.39 is 0 Å². The van der Waals surface area contributed by atoms with Crippen LogP contribution in [-0.2, 0) is 9.59 Å². The number of carbonyl (C=O) groups excluding carboxylic acids is 2. The van der Waals surface area contributed by atoms with E-state index in [0.717, 1.165) is 63.4 Å². The molecular weight excluding hydrogens is 342 g/mol. The number of amides is 2. The number of benzene rings is 1. The maximum Gasteiger partial charge on any atom is 0.224 e. The average molecular weight is 376 g/mol. The van der Waals surface area contributed by atoms with Crippen molar-refractivity contribution in [2.75, 3.05) is 51.3 Å². The molecule has 0 aromatic heterocycles.